The van der Waals surface area contributed by atoms with E-state index in [0.29, 0.717) is 11.8 Å². The lowest BCUT2D eigenvalue weighted by Gasteiger charge is -2.11. The summed E-state index contributed by atoms with van der Waals surface area (Å²) in [5.74, 6) is -1.62. The molecule has 3 rings (SSSR count). The number of ketones is 3. The van der Waals surface area contributed by atoms with Crippen LogP contribution in [0.4, 0.5) is 0 Å². The summed E-state index contributed by atoms with van der Waals surface area (Å²) in [5, 5.41) is 0. The van der Waals surface area contributed by atoms with Crippen molar-refractivity contribution >= 4 is 23.6 Å². The molecule has 0 fully saturated rings. The molecule has 0 saturated carbocycles. The number of benzene rings is 1. The normalized spacial score (nSPS) is 12.8. The monoisotopic (exact) mass is 268 g/mol. The number of hydrogen-bond acceptors (Lipinski definition) is 5. The molecule has 1 heterocycles. The Balaban J connectivity index is 2.14. The quantitative estimate of drug-likeness (QED) is 0.411. The zero-order valence-corrected chi connectivity index (χ0v) is 10.2. The van der Waals surface area contributed by atoms with Crippen LogP contribution in [0, 0.1) is 0 Å². The van der Waals surface area contributed by atoms with Gasteiger partial charge in [-0.05, 0) is 6.07 Å². The Morgan fingerprint density at radius 1 is 1.05 bits per heavy atom. The lowest BCUT2D eigenvalue weighted by molar-refractivity contribution is -0.107. The van der Waals surface area contributed by atoms with E-state index < -0.39 is 11.6 Å². The van der Waals surface area contributed by atoms with Gasteiger partial charge in [0.25, 0.3) is 0 Å². The predicted molar refractivity (Wildman–Crippen MR) is 67.0 cm³/mol. The van der Waals surface area contributed by atoms with Gasteiger partial charge < -0.3 is 9.21 Å². The van der Waals surface area contributed by atoms with E-state index in [1.165, 1.54) is 12.1 Å². The van der Waals surface area contributed by atoms with E-state index in [9.17, 15) is 19.2 Å². The van der Waals surface area contributed by atoms with Gasteiger partial charge in [0, 0.05) is 11.1 Å². The second-order valence-electron chi connectivity index (χ2n) is 4.35. The van der Waals surface area contributed by atoms with Gasteiger partial charge >= 0.3 is 0 Å². The Kier molecular flexibility index (Phi) is 2.68. The summed E-state index contributed by atoms with van der Waals surface area (Å²) >= 11 is 0. The smallest absolute Gasteiger partial charge is 0.229 e. The van der Waals surface area contributed by atoms with Gasteiger partial charge in [0.05, 0.1) is 12.0 Å². The van der Waals surface area contributed by atoms with Gasteiger partial charge in [0.2, 0.25) is 11.6 Å². The largest absolute Gasteiger partial charge is 0.449 e. The highest BCUT2D eigenvalue weighted by molar-refractivity contribution is 6.27. The number of carbonyl (C=O) groups excluding carboxylic acids is 4. The number of fused-ring (bicyclic) bond motifs is 2. The lowest BCUT2D eigenvalue weighted by atomic mass is 9.88. The molecule has 2 aromatic rings. The van der Waals surface area contributed by atoms with Gasteiger partial charge in [-0.3, -0.25) is 14.4 Å². The molecule has 1 aromatic carbocycles. The lowest BCUT2D eigenvalue weighted by Crippen LogP contribution is -2.18. The first-order valence-electron chi connectivity index (χ1n) is 5.92. The fourth-order valence-corrected chi connectivity index (χ4v) is 2.19. The Morgan fingerprint density at radius 2 is 1.70 bits per heavy atom. The fourth-order valence-electron chi connectivity index (χ4n) is 2.19. The van der Waals surface area contributed by atoms with E-state index in [1.54, 1.807) is 18.2 Å². The van der Waals surface area contributed by atoms with Crippen LogP contribution < -0.4 is 0 Å². The van der Waals surface area contributed by atoms with Crippen LogP contribution in [-0.4, -0.2) is 23.6 Å². The first kappa shape index (κ1) is 12.2. The van der Waals surface area contributed by atoms with Gasteiger partial charge in [-0.25, -0.2) is 0 Å². The van der Waals surface area contributed by atoms with Crippen molar-refractivity contribution in [3.05, 3.63) is 58.5 Å². The molecule has 0 spiro atoms. The highest BCUT2D eigenvalue weighted by atomic mass is 16.4. The average Bonchev–Trinajstić information content (AvgIpc) is 2.91. The number of furan rings is 1. The third-order valence-electron chi connectivity index (χ3n) is 3.14. The summed E-state index contributed by atoms with van der Waals surface area (Å²) in [7, 11) is 0. The topological polar surface area (TPSA) is 81.4 Å². The highest BCUT2D eigenvalue weighted by Crippen LogP contribution is 2.29. The van der Waals surface area contributed by atoms with Crippen molar-refractivity contribution in [2.45, 2.75) is 6.42 Å². The third-order valence-corrected chi connectivity index (χ3v) is 3.14. The third kappa shape index (κ3) is 1.64. The van der Waals surface area contributed by atoms with Crippen LogP contribution in [0.2, 0.25) is 0 Å². The van der Waals surface area contributed by atoms with Crippen molar-refractivity contribution in [3.8, 4) is 0 Å². The van der Waals surface area contributed by atoms with Crippen LogP contribution in [0.1, 0.15) is 49.0 Å². The molecular weight excluding hydrogens is 260 g/mol. The molecule has 98 valence electrons. The van der Waals surface area contributed by atoms with Crippen molar-refractivity contribution in [3.63, 3.8) is 0 Å². The molecule has 0 bridgehead atoms. The van der Waals surface area contributed by atoms with E-state index in [4.69, 9.17) is 4.42 Å². The molecule has 0 radical (unpaired) electrons. The second-order valence-corrected chi connectivity index (χ2v) is 4.35. The minimum absolute atomic E-state index is 0.0722. The van der Waals surface area contributed by atoms with Gasteiger partial charge in [-0.1, -0.05) is 24.3 Å². The highest BCUT2D eigenvalue weighted by Gasteiger charge is 2.34. The molecule has 20 heavy (non-hydrogen) atoms. The van der Waals surface area contributed by atoms with E-state index in [-0.39, 0.29) is 34.9 Å². The molecule has 5 heteroatoms. The Morgan fingerprint density at radius 3 is 2.35 bits per heavy atom. The van der Waals surface area contributed by atoms with Crippen molar-refractivity contribution in [2.24, 2.45) is 0 Å². The molecule has 0 saturated heterocycles. The number of hydrogen-bond donors (Lipinski definition) is 0. The van der Waals surface area contributed by atoms with E-state index >= 15 is 0 Å². The fraction of sp³-hybridized carbons (Fsp3) is 0.0667. The van der Waals surface area contributed by atoms with Gasteiger partial charge in [-0.15, -0.1) is 0 Å². The summed E-state index contributed by atoms with van der Waals surface area (Å²) in [6, 6.07) is 7.63. The van der Waals surface area contributed by atoms with Crippen molar-refractivity contribution in [2.75, 3.05) is 0 Å². The van der Waals surface area contributed by atoms with Crippen LogP contribution in [0.3, 0.4) is 0 Å². The van der Waals surface area contributed by atoms with Gasteiger partial charge in [0.1, 0.15) is 6.29 Å². The summed E-state index contributed by atoms with van der Waals surface area (Å²) in [5.41, 5.74) is 0.622. The molecule has 1 aliphatic carbocycles. The first-order chi connectivity index (χ1) is 9.63. The number of rotatable bonds is 3. The maximum atomic E-state index is 12.3. The van der Waals surface area contributed by atoms with Crippen LogP contribution in [-0.2, 0) is 4.79 Å². The number of aldehydes is 1. The molecular formula is C15H8O5. The SMILES string of the molecule is O=CCC(=O)c1cc2c(o1)C(=O)c1ccccc1C2=O. The number of carbonyl (C=O) groups is 4. The Bertz CT molecular complexity index is 714. The molecule has 0 N–H and O–H groups in total. The molecule has 1 aliphatic rings. The maximum Gasteiger partial charge on any atom is 0.229 e. The molecule has 5 nitrogen and oxygen atoms in total. The minimum atomic E-state index is -0.556. The molecule has 0 atom stereocenters. The summed E-state index contributed by atoms with van der Waals surface area (Å²) in [6.45, 7) is 0. The average molecular weight is 268 g/mol. The van der Waals surface area contributed by atoms with Crippen LogP contribution in [0.15, 0.2) is 34.7 Å². The van der Waals surface area contributed by atoms with E-state index in [2.05, 4.69) is 0 Å². The molecule has 1 aromatic heterocycles. The minimum Gasteiger partial charge on any atom is -0.449 e. The summed E-state index contributed by atoms with van der Waals surface area (Å²) in [6.07, 6.45) is 0.101. The zero-order chi connectivity index (χ0) is 14.3. The van der Waals surface area contributed by atoms with Crippen LogP contribution in [0.25, 0.3) is 0 Å². The predicted octanol–water partition coefficient (Wildman–Crippen LogP) is 1.83. The second kappa shape index (κ2) is 4.38. The maximum absolute atomic E-state index is 12.3. The number of Topliss-reactive ketones (excluding diaryl/α,β-unsaturated/α-hetero) is 1. The van der Waals surface area contributed by atoms with Crippen LogP contribution >= 0.6 is 0 Å². The van der Waals surface area contributed by atoms with Crippen molar-refractivity contribution in [1.29, 1.82) is 0 Å². The summed E-state index contributed by atoms with van der Waals surface area (Å²) in [4.78, 5) is 46.4. The molecule has 0 unspecified atom stereocenters. The zero-order valence-electron chi connectivity index (χ0n) is 10.2. The van der Waals surface area contributed by atoms with Gasteiger partial charge in [0.15, 0.2) is 17.3 Å². The Hall–Kier alpha value is -2.82. The van der Waals surface area contributed by atoms with E-state index in [1.807, 2.05) is 0 Å². The van der Waals surface area contributed by atoms with Crippen LogP contribution in [0.5, 0.6) is 0 Å². The molecule has 0 aliphatic heterocycles. The molecule has 0 amide bonds. The first-order valence-corrected chi connectivity index (χ1v) is 5.92. The van der Waals surface area contributed by atoms with Crippen molar-refractivity contribution in [1.82, 2.24) is 0 Å². The summed E-state index contributed by atoms with van der Waals surface area (Å²) < 4.78 is 5.18. The van der Waals surface area contributed by atoms with Crippen molar-refractivity contribution < 1.29 is 23.6 Å². The standard InChI is InChI=1S/C15H8O5/c16-6-5-11(17)12-7-10-13(18)8-3-1-2-4-9(8)14(19)15(10)20-12/h1-4,6-7H,5H2. The van der Waals surface area contributed by atoms with E-state index in [0.717, 1.165) is 0 Å². The Labute approximate surface area is 113 Å². The van der Waals surface area contributed by atoms with Gasteiger partial charge in [-0.2, -0.15) is 0 Å².